The number of ether oxygens (including phenoxy) is 1. The van der Waals surface area contributed by atoms with Crippen LogP contribution in [0.15, 0.2) is 18.2 Å². The molecule has 0 bridgehead atoms. The van der Waals surface area contributed by atoms with Crippen LogP contribution in [-0.2, 0) is 9.53 Å². The number of anilines is 1. The lowest BCUT2D eigenvalue weighted by Crippen LogP contribution is -2.46. The fourth-order valence-corrected chi connectivity index (χ4v) is 2.63. The Bertz CT molecular complexity index is 652. The lowest BCUT2D eigenvalue weighted by Gasteiger charge is -2.33. The number of rotatable bonds is 9. The number of hydrogen-bond donors (Lipinski definition) is 1. The Morgan fingerprint density at radius 2 is 1.81 bits per heavy atom. The summed E-state index contributed by atoms with van der Waals surface area (Å²) in [6.07, 6.45) is 1.59. The molecule has 1 aromatic carbocycles. The lowest BCUT2D eigenvalue weighted by molar-refractivity contribution is -0.384. The third kappa shape index (κ3) is 5.18. The van der Waals surface area contributed by atoms with Gasteiger partial charge in [0.2, 0.25) is 0 Å². The van der Waals surface area contributed by atoms with E-state index < -0.39 is 17.5 Å². The van der Waals surface area contributed by atoms with Crippen LogP contribution in [0.2, 0.25) is 0 Å². The average Bonchev–Trinajstić information content (AvgIpc) is 2.64. The molecule has 8 heteroatoms. The summed E-state index contributed by atoms with van der Waals surface area (Å²) < 4.78 is 5.10. The number of nitrogens with one attached hydrogen (secondary N) is 1. The first-order chi connectivity index (χ1) is 12.3. The van der Waals surface area contributed by atoms with Gasteiger partial charge in [0.05, 0.1) is 10.5 Å². The summed E-state index contributed by atoms with van der Waals surface area (Å²) in [5.41, 5.74) is 0.0959. The van der Waals surface area contributed by atoms with Gasteiger partial charge in [-0.2, -0.15) is 0 Å². The molecule has 0 saturated carbocycles. The molecule has 0 aliphatic rings. The van der Waals surface area contributed by atoms with Gasteiger partial charge in [-0.15, -0.1) is 0 Å². The number of nitrogens with zero attached hydrogens (tertiary/aromatic N) is 2. The summed E-state index contributed by atoms with van der Waals surface area (Å²) in [6.45, 7) is 7.48. The van der Waals surface area contributed by atoms with E-state index in [-0.39, 0.29) is 29.2 Å². The topological polar surface area (TPSA) is 102 Å². The van der Waals surface area contributed by atoms with Gasteiger partial charge in [0, 0.05) is 25.2 Å². The van der Waals surface area contributed by atoms with Gasteiger partial charge in [0.25, 0.3) is 11.6 Å². The first kappa shape index (κ1) is 21.4. The predicted molar refractivity (Wildman–Crippen MR) is 99.3 cm³/mol. The van der Waals surface area contributed by atoms with E-state index in [1.54, 1.807) is 11.9 Å². The molecule has 1 N–H and O–H groups in total. The molecule has 0 fully saturated rings. The summed E-state index contributed by atoms with van der Waals surface area (Å²) in [6, 6.07) is 4.06. The van der Waals surface area contributed by atoms with Crippen LogP contribution in [0.5, 0.6) is 0 Å². The fraction of sp³-hybridized carbons (Fsp3) is 0.556. The quantitative estimate of drug-likeness (QED) is 0.409. The lowest BCUT2D eigenvalue weighted by atomic mass is 10.1. The number of amides is 1. The molecule has 8 nitrogen and oxygen atoms in total. The van der Waals surface area contributed by atoms with Crippen molar-refractivity contribution in [2.75, 3.05) is 19.0 Å². The number of nitro benzene ring substituents is 1. The molecule has 0 saturated heterocycles. The van der Waals surface area contributed by atoms with Gasteiger partial charge in [0.15, 0.2) is 6.61 Å². The second kappa shape index (κ2) is 9.74. The molecule has 1 aromatic rings. The first-order valence-corrected chi connectivity index (χ1v) is 8.71. The van der Waals surface area contributed by atoms with E-state index in [9.17, 15) is 19.7 Å². The Kier molecular flexibility index (Phi) is 8.02. The smallest absolute Gasteiger partial charge is 0.338 e. The minimum absolute atomic E-state index is 0.0297. The van der Waals surface area contributed by atoms with Crippen LogP contribution in [-0.4, -0.2) is 47.4 Å². The Morgan fingerprint density at radius 3 is 2.27 bits per heavy atom. The van der Waals surface area contributed by atoms with Gasteiger partial charge < -0.3 is 15.0 Å². The van der Waals surface area contributed by atoms with Gasteiger partial charge in [-0.3, -0.25) is 14.9 Å². The summed E-state index contributed by atoms with van der Waals surface area (Å²) in [5.74, 6) is -1.04. The van der Waals surface area contributed by atoms with E-state index >= 15 is 0 Å². The standard InChI is InChI=1S/C18H27N3O5/c1-6-12(3)20(13(4)7-2)17(22)11-26-18(23)14-8-9-15(19-5)16(10-14)21(24)25/h8-10,12-13,19H,6-7,11H2,1-5H3/t12-,13+. The molecule has 0 aliphatic carbocycles. The largest absolute Gasteiger partial charge is 0.452 e. The highest BCUT2D eigenvalue weighted by Gasteiger charge is 2.25. The highest BCUT2D eigenvalue weighted by molar-refractivity contribution is 5.93. The van der Waals surface area contributed by atoms with Crippen molar-refractivity contribution in [3.05, 3.63) is 33.9 Å². The number of carbonyl (C=O) groups excluding carboxylic acids is 2. The van der Waals surface area contributed by atoms with Crippen molar-refractivity contribution in [3.8, 4) is 0 Å². The summed E-state index contributed by atoms with van der Waals surface area (Å²) in [7, 11) is 1.55. The van der Waals surface area contributed by atoms with Crippen molar-refractivity contribution in [2.24, 2.45) is 0 Å². The van der Waals surface area contributed by atoms with E-state index in [4.69, 9.17) is 4.74 Å². The molecule has 0 aromatic heterocycles. The van der Waals surface area contributed by atoms with Crippen LogP contribution in [0.4, 0.5) is 11.4 Å². The molecule has 0 spiro atoms. The Labute approximate surface area is 153 Å². The second-order valence-corrected chi connectivity index (χ2v) is 6.13. The van der Waals surface area contributed by atoms with Gasteiger partial charge >= 0.3 is 5.97 Å². The highest BCUT2D eigenvalue weighted by atomic mass is 16.6. The zero-order valence-corrected chi connectivity index (χ0v) is 15.9. The van der Waals surface area contributed by atoms with E-state index in [0.29, 0.717) is 5.69 Å². The van der Waals surface area contributed by atoms with E-state index in [1.165, 1.54) is 12.1 Å². The maximum absolute atomic E-state index is 12.5. The van der Waals surface area contributed by atoms with Gasteiger partial charge in [0.1, 0.15) is 5.69 Å². The molecule has 144 valence electrons. The van der Waals surface area contributed by atoms with E-state index in [1.807, 2.05) is 27.7 Å². The van der Waals surface area contributed by atoms with Crippen molar-refractivity contribution < 1.29 is 19.2 Å². The Morgan fingerprint density at radius 1 is 1.23 bits per heavy atom. The molecule has 0 unspecified atom stereocenters. The van der Waals surface area contributed by atoms with E-state index in [0.717, 1.165) is 18.9 Å². The normalized spacial score (nSPS) is 12.8. The predicted octanol–water partition coefficient (Wildman–Crippen LogP) is 3.22. The van der Waals surface area contributed by atoms with Gasteiger partial charge in [-0.05, 0) is 38.8 Å². The molecule has 0 radical (unpaired) electrons. The summed E-state index contributed by atoms with van der Waals surface area (Å²) in [4.78, 5) is 36.9. The fourth-order valence-electron chi connectivity index (χ4n) is 2.63. The molecule has 0 aliphatic heterocycles. The summed E-state index contributed by atoms with van der Waals surface area (Å²) in [5, 5.41) is 13.8. The van der Waals surface area contributed by atoms with Crippen LogP contribution in [0.25, 0.3) is 0 Å². The second-order valence-electron chi connectivity index (χ2n) is 6.13. The summed E-state index contributed by atoms with van der Waals surface area (Å²) >= 11 is 0. The number of hydrogen-bond acceptors (Lipinski definition) is 6. The molecular weight excluding hydrogens is 338 g/mol. The number of benzene rings is 1. The van der Waals surface area contributed by atoms with Crippen molar-refractivity contribution in [3.63, 3.8) is 0 Å². The van der Waals surface area contributed by atoms with Crippen molar-refractivity contribution in [2.45, 2.75) is 52.6 Å². The number of carbonyl (C=O) groups is 2. The average molecular weight is 365 g/mol. The minimum Gasteiger partial charge on any atom is -0.452 e. The van der Waals surface area contributed by atoms with Crippen LogP contribution in [0.3, 0.4) is 0 Å². The van der Waals surface area contributed by atoms with Crippen LogP contribution < -0.4 is 5.32 Å². The number of nitro groups is 1. The van der Waals surface area contributed by atoms with Crippen molar-refractivity contribution >= 4 is 23.3 Å². The molecule has 26 heavy (non-hydrogen) atoms. The first-order valence-electron chi connectivity index (χ1n) is 8.71. The Hall–Kier alpha value is -2.64. The van der Waals surface area contributed by atoms with Crippen molar-refractivity contribution in [1.29, 1.82) is 0 Å². The third-order valence-electron chi connectivity index (χ3n) is 4.45. The minimum atomic E-state index is -0.766. The van der Waals surface area contributed by atoms with Gasteiger partial charge in [-0.1, -0.05) is 13.8 Å². The third-order valence-corrected chi connectivity index (χ3v) is 4.45. The SMILES string of the molecule is CC[C@@H](C)N(C(=O)COC(=O)c1ccc(NC)c([N+](=O)[O-])c1)[C@@H](C)CC. The maximum atomic E-state index is 12.5. The molecule has 2 atom stereocenters. The number of esters is 1. The Balaban J connectivity index is 2.86. The maximum Gasteiger partial charge on any atom is 0.338 e. The zero-order chi connectivity index (χ0) is 19.9. The van der Waals surface area contributed by atoms with Crippen LogP contribution in [0, 0.1) is 10.1 Å². The van der Waals surface area contributed by atoms with Crippen LogP contribution >= 0.6 is 0 Å². The highest BCUT2D eigenvalue weighted by Crippen LogP contribution is 2.25. The zero-order valence-electron chi connectivity index (χ0n) is 15.9. The molecule has 1 amide bonds. The monoisotopic (exact) mass is 365 g/mol. The van der Waals surface area contributed by atoms with Crippen LogP contribution in [0.1, 0.15) is 50.9 Å². The molecule has 0 heterocycles. The molecular formula is C18H27N3O5. The molecule has 1 rings (SSSR count). The van der Waals surface area contributed by atoms with Gasteiger partial charge in [-0.25, -0.2) is 4.79 Å². The van der Waals surface area contributed by atoms with Crippen molar-refractivity contribution in [1.82, 2.24) is 4.90 Å². The van der Waals surface area contributed by atoms with E-state index in [2.05, 4.69) is 5.32 Å².